The second-order valence-corrected chi connectivity index (χ2v) is 4.20. The Morgan fingerprint density at radius 1 is 1.58 bits per heavy atom. The Morgan fingerprint density at radius 2 is 2.17 bits per heavy atom. The van der Waals surface area contributed by atoms with Gasteiger partial charge in [0.05, 0.1) is 13.0 Å². The molecule has 2 nitrogen and oxygen atoms in total. The van der Waals surface area contributed by atoms with Crippen molar-refractivity contribution >= 4 is 21.9 Å². The van der Waals surface area contributed by atoms with Crippen molar-refractivity contribution in [3.8, 4) is 0 Å². The molecule has 0 aromatic rings. The highest BCUT2D eigenvalue weighted by Crippen LogP contribution is 2.59. The van der Waals surface area contributed by atoms with Crippen LogP contribution in [0.5, 0.6) is 0 Å². The molecular weight excluding hydrogens is 220 g/mol. The molecule has 0 amide bonds. The van der Waals surface area contributed by atoms with Crippen LogP contribution in [0.3, 0.4) is 0 Å². The van der Waals surface area contributed by atoms with Gasteiger partial charge in [0, 0.05) is 0 Å². The standard InChI is InChI=1S/C9H13BrO2/c1-9(2)6(4-5-10)7(9)8(11)12-3/h4-7H,1-3H3/b5-4+. The van der Waals surface area contributed by atoms with Crippen LogP contribution < -0.4 is 0 Å². The number of hydrogen-bond donors (Lipinski definition) is 0. The van der Waals surface area contributed by atoms with Crippen molar-refractivity contribution in [1.82, 2.24) is 0 Å². The summed E-state index contributed by atoms with van der Waals surface area (Å²) in [6.07, 6.45) is 2.00. The lowest BCUT2D eigenvalue weighted by Gasteiger charge is -1.98. The highest BCUT2D eigenvalue weighted by atomic mass is 79.9. The first-order chi connectivity index (χ1) is 5.55. The maximum atomic E-state index is 11.2. The summed E-state index contributed by atoms with van der Waals surface area (Å²) in [7, 11) is 1.44. The maximum Gasteiger partial charge on any atom is 0.309 e. The molecule has 3 heteroatoms. The molecule has 0 heterocycles. The molecule has 0 aromatic carbocycles. The monoisotopic (exact) mass is 232 g/mol. The van der Waals surface area contributed by atoms with E-state index in [1.165, 1.54) is 7.11 Å². The van der Waals surface area contributed by atoms with Crippen molar-refractivity contribution in [3.63, 3.8) is 0 Å². The average molecular weight is 233 g/mol. The molecule has 0 radical (unpaired) electrons. The summed E-state index contributed by atoms with van der Waals surface area (Å²) in [5, 5.41) is 0. The van der Waals surface area contributed by atoms with E-state index in [0.29, 0.717) is 5.92 Å². The summed E-state index contributed by atoms with van der Waals surface area (Å²) in [5.41, 5.74) is 0.0668. The normalized spacial score (nSPS) is 32.0. The minimum absolute atomic E-state index is 0.0382. The molecule has 0 aromatic heterocycles. The lowest BCUT2D eigenvalue weighted by molar-refractivity contribution is -0.143. The Bertz CT molecular complexity index is 221. The van der Waals surface area contributed by atoms with Crippen LogP contribution in [-0.4, -0.2) is 13.1 Å². The maximum absolute atomic E-state index is 11.2. The molecule has 68 valence electrons. The van der Waals surface area contributed by atoms with Gasteiger partial charge in [-0.25, -0.2) is 0 Å². The molecule has 2 unspecified atom stereocenters. The summed E-state index contributed by atoms with van der Waals surface area (Å²) in [6, 6.07) is 0. The molecule has 0 aliphatic heterocycles. The fourth-order valence-electron chi connectivity index (χ4n) is 1.69. The first-order valence-electron chi connectivity index (χ1n) is 3.90. The minimum Gasteiger partial charge on any atom is -0.469 e. The molecule has 1 saturated carbocycles. The number of halogens is 1. The van der Waals surface area contributed by atoms with Gasteiger partial charge < -0.3 is 4.74 Å². The Kier molecular flexibility index (Phi) is 2.61. The summed E-state index contributed by atoms with van der Waals surface area (Å²) in [6.45, 7) is 4.15. The van der Waals surface area contributed by atoms with Crippen LogP contribution in [0.1, 0.15) is 13.8 Å². The van der Waals surface area contributed by atoms with E-state index in [9.17, 15) is 4.79 Å². The van der Waals surface area contributed by atoms with Gasteiger partial charge >= 0.3 is 5.97 Å². The molecule has 0 bridgehead atoms. The van der Waals surface area contributed by atoms with Crippen molar-refractivity contribution in [2.75, 3.05) is 7.11 Å². The van der Waals surface area contributed by atoms with Crippen molar-refractivity contribution in [2.24, 2.45) is 17.3 Å². The zero-order valence-electron chi connectivity index (χ0n) is 7.50. The second kappa shape index (κ2) is 3.21. The first kappa shape index (κ1) is 9.78. The fraction of sp³-hybridized carbons (Fsp3) is 0.667. The summed E-state index contributed by atoms with van der Waals surface area (Å²) < 4.78 is 4.70. The molecule has 1 rings (SSSR count). The molecule has 12 heavy (non-hydrogen) atoms. The SMILES string of the molecule is COC(=O)C1C(/C=C/Br)C1(C)C. The van der Waals surface area contributed by atoms with E-state index >= 15 is 0 Å². The number of allylic oxidation sites excluding steroid dienone is 1. The zero-order valence-corrected chi connectivity index (χ0v) is 9.09. The Hall–Kier alpha value is -0.310. The Balaban J connectivity index is 2.66. The van der Waals surface area contributed by atoms with E-state index in [-0.39, 0.29) is 17.3 Å². The van der Waals surface area contributed by atoms with Gasteiger partial charge in [0.15, 0.2) is 0 Å². The largest absolute Gasteiger partial charge is 0.469 e. The summed E-state index contributed by atoms with van der Waals surface area (Å²) in [5.74, 6) is 0.260. The van der Waals surface area contributed by atoms with Crippen LogP contribution in [0.25, 0.3) is 0 Å². The third-order valence-corrected chi connectivity index (χ3v) is 2.95. The highest BCUT2D eigenvalue weighted by molar-refractivity contribution is 9.11. The number of ether oxygens (including phenoxy) is 1. The predicted octanol–water partition coefficient (Wildman–Crippen LogP) is 2.34. The number of carbonyl (C=O) groups excluding carboxylic acids is 1. The van der Waals surface area contributed by atoms with E-state index in [1.54, 1.807) is 0 Å². The predicted molar refractivity (Wildman–Crippen MR) is 50.8 cm³/mol. The molecule has 1 aliphatic rings. The lowest BCUT2D eigenvalue weighted by atomic mass is 10.1. The van der Waals surface area contributed by atoms with Gasteiger partial charge in [-0.15, -0.1) is 0 Å². The van der Waals surface area contributed by atoms with Crippen molar-refractivity contribution in [3.05, 3.63) is 11.1 Å². The van der Waals surface area contributed by atoms with Crippen LogP contribution in [0.2, 0.25) is 0 Å². The lowest BCUT2D eigenvalue weighted by Crippen LogP contribution is -2.07. The van der Waals surface area contributed by atoms with E-state index in [0.717, 1.165) is 0 Å². The highest BCUT2D eigenvalue weighted by Gasteiger charge is 2.61. The van der Waals surface area contributed by atoms with E-state index in [4.69, 9.17) is 4.74 Å². The third kappa shape index (κ3) is 1.42. The van der Waals surface area contributed by atoms with Crippen molar-refractivity contribution in [2.45, 2.75) is 13.8 Å². The van der Waals surface area contributed by atoms with Gasteiger partial charge in [0.25, 0.3) is 0 Å². The van der Waals surface area contributed by atoms with Crippen LogP contribution in [0, 0.1) is 17.3 Å². The number of rotatable bonds is 2. The first-order valence-corrected chi connectivity index (χ1v) is 4.82. The van der Waals surface area contributed by atoms with Gasteiger partial charge in [-0.1, -0.05) is 35.9 Å². The molecule has 2 atom stereocenters. The van der Waals surface area contributed by atoms with Gasteiger partial charge in [0.2, 0.25) is 0 Å². The fourth-order valence-corrected chi connectivity index (χ4v) is 2.02. The molecule has 1 aliphatic carbocycles. The zero-order chi connectivity index (χ0) is 9.35. The van der Waals surface area contributed by atoms with Crippen molar-refractivity contribution < 1.29 is 9.53 Å². The second-order valence-electron chi connectivity index (χ2n) is 3.67. The average Bonchev–Trinajstić information content (AvgIpc) is 2.53. The van der Waals surface area contributed by atoms with Gasteiger partial charge in [-0.2, -0.15) is 0 Å². The Labute approximate surface area is 81.1 Å². The summed E-state index contributed by atoms with van der Waals surface area (Å²) in [4.78, 5) is 13.0. The Morgan fingerprint density at radius 3 is 2.58 bits per heavy atom. The number of hydrogen-bond acceptors (Lipinski definition) is 2. The number of methoxy groups -OCH3 is 1. The van der Waals surface area contributed by atoms with Gasteiger partial charge in [-0.05, 0) is 16.3 Å². The molecule has 0 spiro atoms. The molecule has 0 N–H and O–H groups in total. The number of esters is 1. The van der Waals surface area contributed by atoms with Crippen LogP contribution >= 0.6 is 15.9 Å². The van der Waals surface area contributed by atoms with E-state index < -0.39 is 0 Å². The minimum atomic E-state index is -0.101. The number of carbonyl (C=O) groups is 1. The van der Waals surface area contributed by atoms with Crippen molar-refractivity contribution in [1.29, 1.82) is 0 Å². The molecule has 0 saturated heterocycles. The molecule has 1 fully saturated rings. The van der Waals surface area contributed by atoms with Crippen LogP contribution in [0.15, 0.2) is 11.1 Å². The smallest absolute Gasteiger partial charge is 0.309 e. The quantitative estimate of drug-likeness (QED) is 0.684. The van der Waals surface area contributed by atoms with Crippen LogP contribution in [-0.2, 0) is 9.53 Å². The summed E-state index contributed by atoms with van der Waals surface area (Å²) >= 11 is 3.21. The van der Waals surface area contributed by atoms with Crippen LogP contribution in [0.4, 0.5) is 0 Å². The topological polar surface area (TPSA) is 26.3 Å². The third-order valence-electron chi connectivity index (χ3n) is 2.65. The van der Waals surface area contributed by atoms with E-state index in [1.807, 2.05) is 11.1 Å². The van der Waals surface area contributed by atoms with Gasteiger partial charge in [-0.3, -0.25) is 4.79 Å². The van der Waals surface area contributed by atoms with Gasteiger partial charge in [0.1, 0.15) is 0 Å². The van der Waals surface area contributed by atoms with E-state index in [2.05, 4.69) is 29.8 Å². The molecular formula is C9H13BrO2.